The first-order valence-electron chi connectivity index (χ1n) is 19.7. The summed E-state index contributed by atoms with van der Waals surface area (Å²) >= 11 is 1.51. The van der Waals surface area contributed by atoms with Crippen LogP contribution in [-0.4, -0.2) is 3.21 Å². The maximum Gasteiger partial charge on any atom is -1.00 e. The third-order valence-electron chi connectivity index (χ3n) is 14.0. The molecule has 4 aromatic rings. The molecule has 0 radical (unpaired) electrons. The molecule has 1 atom stereocenters. The van der Waals surface area contributed by atoms with Gasteiger partial charge in [-0.3, -0.25) is 6.08 Å². The van der Waals surface area contributed by atoms with Crippen molar-refractivity contribution in [3.05, 3.63) is 124 Å². The number of rotatable bonds is 2. The third kappa shape index (κ3) is 7.08. The van der Waals surface area contributed by atoms with Gasteiger partial charge in [-0.1, -0.05) is 88.3 Å². The fraction of sp³-hybridized carbons (Fsp3) is 0.440. The van der Waals surface area contributed by atoms with Crippen LogP contribution in [0, 0.1) is 41.1 Å². The van der Waals surface area contributed by atoms with Gasteiger partial charge < -0.3 is 24.8 Å². The fourth-order valence-corrected chi connectivity index (χ4v) is 11.9. The minimum absolute atomic E-state index is 0. The van der Waals surface area contributed by atoms with Crippen LogP contribution in [0.25, 0.3) is 32.7 Å². The number of hydrogen-bond donors (Lipinski definition) is 0. The molecule has 0 spiro atoms. The van der Waals surface area contributed by atoms with Crippen molar-refractivity contribution in [2.24, 2.45) is 35.0 Å². The van der Waals surface area contributed by atoms with Gasteiger partial charge >= 0.3 is 70.3 Å². The van der Waals surface area contributed by atoms with Crippen LogP contribution in [-0.2, 0) is 35.1 Å². The second kappa shape index (κ2) is 14.7. The van der Waals surface area contributed by atoms with E-state index in [1.165, 1.54) is 114 Å². The van der Waals surface area contributed by atoms with Gasteiger partial charge in [-0.15, -0.1) is 39.7 Å². The Morgan fingerprint density at radius 3 is 1.58 bits per heavy atom. The molecule has 7 aliphatic carbocycles. The molecule has 276 valence electrons. The van der Waals surface area contributed by atoms with E-state index in [-0.39, 0.29) is 35.6 Å². The molecule has 4 fully saturated rings. The van der Waals surface area contributed by atoms with Crippen LogP contribution in [0.5, 0.6) is 0 Å². The SMILES string of the molecule is CC1=CC(C)(C)c2cc3[cH-]c4cc5c(cc4c3cc21)C(C)=CC5(C)C.CC1[C-]=CC(C2(C)C3CC4CC(C3)CC2C4)=C1.C[C](=[Zr+2])c1ccccc1.[Cl-].[Cl-]. The molecule has 7 aliphatic rings. The maximum atomic E-state index is 3.49. The molecule has 0 aromatic heterocycles. The zero-order chi connectivity index (χ0) is 36.0. The Bertz CT molecular complexity index is 2060. The summed E-state index contributed by atoms with van der Waals surface area (Å²) in [5.41, 5.74) is 12.4. The average Bonchev–Trinajstić information content (AvgIpc) is 3.79. The van der Waals surface area contributed by atoms with E-state index in [2.05, 4.69) is 147 Å². The van der Waals surface area contributed by atoms with Crippen molar-refractivity contribution in [3.8, 4) is 0 Å². The molecule has 4 saturated carbocycles. The molecule has 4 aromatic carbocycles. The molecular weight excluding hydrogens is 763 g/mol. The van der Waals surface area contributed by atoms with E-state index in [1.54, 1.807) is 12.0 Å². The Hall–Kier alpha value is -2.18. The van der Waals surface area contributed by atoms with Crippen LogP contribution in [0.4, 0.5) is 0 Å². The zero-order valence-electron chi connectivity index (χ0n) is 33.3. The smallest absolute Gasteiger partial charge is 1.00 e. The maximum absolute atomic E-state index is 3.49. The van der Waals surface area contributed by atoms with Crippen molar-refractivity contribution in [2.75, 3.05) is 0 Å². The van der Waals surface area contributed by atoms with Crippen molar-refractivity contribution in [3.63, 3.8) is 0 Å². The molecule has 0 amide bonds. The van der Waals surface area contributed by atoms with Crippen LogP contribution < -0.4 is 24.8 Å². The van der Waals surface area contributed by atoms with Crippen LogP contribution >= 0.6 is 0 Å². The molecule has 0 saturated heterocycles. The number of benzene rings is 3. The number of fused-ring (bicyclic) bond motifs is 5. The van der Waals surface area contributed by atoms with Gasteiger partial charge in [0.15, 0.2) is 0 Å². The fourth-order valence-electron chi connectivity index (χ4n) is 11.5. The molecular formula is C50H56Cl2Zr-2. The van der Waals surface area contributed by atoms with Gasteiger partial charge in [-0.25, -0.2) is 6.08 Å². The van der Waals surface area contributed by atoms with Crippen LogP contribution in [0.3, 0.4) is 0 Å². The summed E-state index contributed by atoms with van der Waals surface area (Å²) < 4.78 is 1.46. The van der Waals surface area contributed by atoms with Gasteiger partial charge in [0.2, 0.25) is 0 Å². The summed E-state index contributed by atoms with van der Waals surface area (Å²) in [5, 5.41) is 5.57. The van der Waals surface area contributed by atoms with Crippen molar-refractivity contribution < 1.29 is 49.0 Å². The largest absolute Gasteiger partial charge is 1.00 e. The summed E-state index contributed by atoms with van der Waals surface area (Å²) in [6.07, 6.45) is 20.7. The van der Waals surface area contributed by atoms with E-state index < -0.39 is 0 Å². The summed E-state index contributed by atoms with van der Waals surface area (Å²) in [4.78, 5) is 0. The van der Waals surface area contributed by atoms with E-state index in [4.69, 9.17) is 0 Å². The van der Waals surface area contributed by atoms with E-state index in [0.717, 1.165) is 23.7 Å². The second-order valence-electron chi connectivity index (χ2n) is 18.5. The predicted molar refractivity (Wildman–Crippen MR) is 217 cm³/mol. The van der Waals surface area contributed by atoms with Gasteiger partial charge in [-0.2, -0.15) is 11.6 Å². The average molecular weight is 819 g/mol. The first kappa shape index (κ1) is 40.5. The van der Waals surface area contributed by atoms with Crippen molar-refractivity contribution in [1.82, 2.24) is 0 Å². The number of hydrogen-bond acceptors (Lipinski definition) is 0. The standard InChI is InChI=1S/C25H25.C17H23.C8H8.2ClH.Zr/c1-14-12-24(3,4)22-8-16-7-17-9-23-19(15(2)13-25(23,5)6)11-21(17)20(16)10-18(14)22;1-11-3-4-14(5-11)17(2)15-7-12-6-13(9-15)10-16(17)8-12;1-2-8-6-4-3-5-7-8;;;/h7-13H,1-6H3;4-5,11-13,15-16H,6-10H2,1-2H3;3-7H,1H3;2*1H;/q2*-1;;;;+2/p-2. The van der Waals surface area contributed by atoms with Gasteiger partial charge in [-0.05, 0) is 91.9 Å². The molecule has 0 nitrogen and oxygen atoms in total. The van der Waals surface area contributed by atoms with Gasteiger partial charge in [0.1, 0.15) is 0 Å². The number of allylic oxidation sites excluding steroid dienone is 8. The molecule has 53 heavy (non-hydrogen) atoms. The Kier molecular flexibility index (Phi) is 11.2. The van der Waals surface area contributed by atoms with Crippen molar-refractivity contribution >= 4 is 35.9 Å². The molecule has 4 bridgehead atoms. The quantitative estimate of drug-likeness (QED) is 0.187. The van der Waals surface area contributed by atoms with Gasteiger partial charge in [0, 0.05) is 10.8 Å². The number of halogens is 2. The monoisotopic (exact) mass is 816 g/mol. The molecule has 0 heterocycles. The minimum Gasteiger partial charge on any atom is -1.00 e. The third-order valence-corrected chi connectivity index (χ3v) is 14.7. The molecule has 3 heteroatoms. The first-order chi connectivity index (χ1) is 24.1. The van der Waals surface area contributed by atoms with Crippen LogP contribution in [0.15, 0.2) is 90.5 Å². The Labute approximate surface area is 347 Å². The van der Waals surface area contributed by atoms with E-state index in [9.17, 15) is 0 Å². The van der Waals surface area contributed by atoms with Crippen molar-refractivity contribution in [2.45, 2.75) is 105 Å². The predicted octanol–water partition coefficient (Wildman–Crippen LogP) is 7.27. The van der Waals surface area contributed by atoms with Crippen LogP contribution in [0.2, 0.25) is 0 Å². The first-order valence-corrected chi connectivity index (χ1v) is 20.9. The van der Waals surface area contributed by atoms with Gasteiger partial charge in [0.25, 0.3) is 0 Å². The van der Waals surface area contributed by atoms with E-state index >= 15 is 0 Å². The Balaban J connectivity index is 0.000000149. The summed E-state index contributed by atoms with van der Waals surface area (Å²) in [5.74, 6) is 4.68. The molecule has 1 unspecified atom stereocenters. The summed E-state index contributed by atoms with van der Waals surface area (Å²) in [6.45, 7) is 20.8. The van der Waals surface area contributed by atoms with E-state index in [0.29, 0.717) is 11.3 Å². The van der Waals surface area contributed by atoms with Gasteiger partial charge in [0.05, 0.1) is 0 Å². The second-order valence-corrected chi connectivity index (χ2v) is 20.4. The van der Waals surface area contributed by atoms with Crippen molar-refractivity contribution in [1.29, 1.82) is 0 Å². The topological polar surface area (TPSA) is 0 Å². The zero-order valence-corrected chi connectivity index (χ0v) is 37.2. The molecule has 0 aliphatic heterocycles. The summed E-state index contributed by atoms with van der Waals surface area (Å²) in [6, 6.07) is 22.6. The van der Waals surface area contributed by atoms with E-state index in [1.807, 2.05) is 6.07 Å². The molecule has 11 rings (SSSR count). The summed E-state index contributed by atoms with van der Waals surface area (Å²) in [7, 11) is 0. The Morgan fingerprint density at radius 1 is 0.717 bits per heavy atom. The minimum atomic E-state index is 0. The molecule has 0 N–H and O–H groups in total. The normalized spacial score (nSPS) is 28.7. The van der Waals surface area contributed by atoms with Crippen LogP contribution in [0.1, 0.15) is 122 Å². The Morgan fingerprint density at radius 2 is 1.19 bits per heavy atom.